The number of methoxy groups -OCH3 is 1. The number of hydrogen-bond acceptors (Lipinski definition) is 4. The second-order valence-corrected chi connectivity index (χ2v) is 7.25. The van der Waals surface area contributed by atoms with E-state index in [4.69, 9.17) is 16.3 Å². The van der Waals surface area contributed by atoms with Crippen LogP contribution in [0, 0.1) is 5.82 Å². The molecule has 0 atom stereocenters. The first-order chi connectivity index (χ1) is 12.9. The molecule has 0 aliphatic rings. The Morgan fingerprint density at radius 1 is 1.22 bits per heavy atom. The largest absolute Gasteiger partial charge is 0.380 e. The molecule has 0 unspecified atom stereocenters. The number of fused-ring (bicyclic) bond motifs is 1. The molecule has 3 aromatic rings. The molecule has 140 valence electrons. The molecule has 0 radical (unpaired) electrons. The second kappa shape index (κ2) is 8.04. The van der Waals surface area contributed by atoms with Crippen LogP contribution in [0.25, 0.3) is 10.1 Å². The maximum Gasteiger partial charge on any atom is 0.266 e. The summed E-state index contributed by atoms with van der Waals surface area (Å²) in [6.45, 7) is 1.50. The summed E-state index contributed by atoms with van der Waals surface area (Å²) in [6.07, 6.45) is 0. The first kappa shape index (κ1) is 19.3. The monoisotopic (exact) mass is 406 g/mol. The first-order valence-electron chi connectivity index (χ1n) is 7.98. The lowest BCUT2D eigenvalue weighted by Gasteiger charge is -2.10. The van der Waals surface area contributed by atoms with Crippen LogP contribution in [0.1, 0.15) is 22.2 Å². The lowest BCUT2D eigenvalue weighted by atomic mass is 10.1. The quantitative estimate of drug-likeness (QED) is 0.623. The molecule has 2 amide bonds. The third-order valence-electron chi connectivity index (χ3n) is 3.80. The van der Waals surface area contributed by atoms with Crippen LogP contribution in [0.5, 0.6) is 0 Å². The predicted molar refractivity (Wildman–Crippen MR) is 106 cm³/mol. The number of benzene rings is 2. The number of halogens is 2. The molecule has 1 heterocycles. The fourth-order valence-corrected chi connectivity index (χ4v) is 4.05. The van der Waals surface area contributed by atoms with Gasteiger partial charge >= 0.3 is 0 Å². The first-order valence-corrected chi connectivity index (χ1v) is 9.17. The highest BCUT2D eigenvalue weighted by Crippen LogP contribution is 2.35. The molecule has 0 bridgehead atoms. The Hall–Kier alpha value is -2.48. The molecule has 0 saturated heterocycles. The average Bonchev–Trinajstić information content (AvgIpc) is 2.97. The third-order valence-corrected chi connectivity index (χ3v) is 5.30. The van der Waals surface area contributed by atoms with Crippen molar-refractivity contribution in [3.05, 3.63) is 57.7 Å². The van der Waals surface area contributed by atoms with Crippen LogP contribution in [-0.2, 0) is 16.1 Å². The van der Waals surface area contributed by atoms with Crippen molar-refractivity contribution in [3.8, 4) is 0 Å². The molecule has 1 aromatic heterocycles. The molecule has 0 aliphatic heterocycles. The lowest BCUT2D eigenvalue weighted by molar-refractivity contribution is -0.114. The number of ether oxygens (including phenoxy) is 1. The van der Waals surface area contributed by atoms with Gasteiger partial charge in [-0.15, -0.1) is 11.3 Å². The third kappa shape index (κ3) is 4.10. The summed E-state index contributed by atoms with van der Waals surface area (Å²) in [7, 11) is 1.49. The highest BCUT2D eigenvalue weighted by atomic mass is 35.5. The van der Waals surface area contributed by atoms with Crippen LogP contribution in [0.3, 0.4) is 0 Å². The molecule has 0 saturated carbocycles. The van der Waals surface area contributed by atoms with Crippen molar-refractivity contribution in [1.82, 2.24) is 0 Å². The Kier molecular flexibility index (Phi) is 5.74. The highest BCUT2D eigenvalue weighted by Gasteiger charge is 2.21. The van der Waals surface area contributed by atoms with Gasteiger partial charge in [0, 0.05) is 35.4 Å². The molecule has 2 aromatic carbocycles. The van der Waals surface area contributed by atoms with E-state index in [1.165, 1.54) is 31.4 Å². The van der Waals surface area contributed by atoms with Gasteiger partial charge in [-0.25, -0.2) is 4.39 Å². The summed E-state index contributed by atoms with van der Waals surface area (Å²) in [6, 6.07) is 9.48. The summed E-state index contributed by atoms with van der Waals surface area (Å²) in [5.74, 6) is -1.02. The zero-order valence-electron chi connectivity index (χ0n) is 14.6. The molecule has 8 heteroatoms. The molecular weight excluding hydrogens is 391 g/mol. The van der Waals surface area contributed by atoms with Crippen molar-refractivity contribution in [2.24, 2.45) is 0 Å². The van der Waals surface area contributed by atoms with Crippen LogP contribution < -0.4 is 10.6 Å². The smallest absolute Gasteiger partial charge is 0.266 e. The molecular formula is C19H16ClFN2O3S. The maximum atomic E-state index is 14.3. The minimum Gasteiger partial charge on any atom is -0.380 e. The van der Waals surface area contributed by atoms with Crippen LogP contribution in [0.4, 0.5) is 15.8 Å². The molecule has 27 heavy (non-hydrogen) atoms. The Labute approximate surface area is 164 Å². The summed E-state index contributed by atoms with van der Waals surface area (Å²) in [5.41, 5.74) is 1.41. The van der Waals surface area contributed by atoms with E-state index in [0.717, 1.165) is 0 Å². The Balaban J connectivity index is 1.94. The molecule has 0 spiro atoms. The van der Waals surface area contributed by atoms with E-state index in [9.17, 15) is 14.0 Å². The van der Waals surface area contributed by atoms with Gasteiger partial charge in [0.1, 0.15) is 5.82 Å². The van der Waals surface area contributed by atoms with Gasteiger partial charge in [-0.3, -0.25) is 9.59 Å². The second-order valence-electron chi connectivity index (χ2n) is 5.79. The zero-order chi connectivity index (χ0) is 19.6. The maximum absolute atomic E-state index is 14.3. The Morgan fingerprint density at radius 2 is 2.00 bits per heavy atom. The standard InChI is InChI=1S/C19H16ClFN2O3S/c1-10(24)22-11-6-7-15(13(20)8-11)23-19(25)18-12(9-26-2)17-14(21)4-3-5-16(17)27-18/h3-8H,9H2,1-2H3,(H,22,24)(H,23,25). The number of anilines is 2. The number of hydrogen-bond donors (Lipinski definition) is 2. The number of rotatable bonds is 5. The van der Waals surface area contributed by atoms with E-state index in [0.29, 0.717) is 31.9 Å². The normalized spacial score (nSPS) is 10.8. The van der Waals surface area contributed by atoms with E-state index < -0.39 is 11.7 Å². The zero-order valence-corrected chi connectivity index (χ0v) is 16.1. The fraction of sp³-hybridized carbons (Fsp3) is 0.158. The van der Waals surface area contributed by atoms with E-state index in [1.54, 1.807) is 30.3 Å². The minimum atomic E-state index is -0.406. The molecule has 0 aliphatic carbocycles. The predicted octanol–water partition coefficient (Wildman–Crippen LogP) is 5.05. The topological polar surface area (TPSA) is 67.4 Å². The Bertz CT molecular complexity index is 1040. The van der Waals surface area contributed by atoms with Crippen LogP contribution in [-0.4, -0.2) is 18.9 Å². The molecule has 5 nitrogen and oxygen atoms in total. The lowest BCUT2D eigenvalue weighted by Crippen LogP contribution is -2.13. The van der Waals surface area contributed by atoms with Gasteiger partial charge in [0.05, 0.1) is 22.2 Å². The number of carbonyl (C=O) groups excluding carboxylic acids is 2. The van der Waals surface area contributed by atoms with Gasteiger partial charge in [0.2, 0.25) is 5.91 Å². The van der Waals surface area contributed by atoms with Crippen molar-refractivity contribution in [3.63, 3.8) is 0 Å². The van der Waals surface area contributed by atoms with Gasteiger partial charge in [-0.05, 0) is 30.3 Å². The van der Waals surface area contributed by atoms with Crippen LogP contribution in [0.15, 0.2) is 36.4 Å². The minimum absolute atomic E-state index is 0.110. The van der Waals surface area contributed by atoms with Gasteiger partial charge < -0.3 is 15.4 Å². The molecule has 3 rings (SSSR count). The Morgan fingerprint density at radius 3 is 2.67 bits per heavy atom. The number of carbonyl (C=O) groups is 2. The number of thiophene rings is 1. The van der Waals surface area contributed by atoms with E-state index in [-0.39, 0.29) is 17.5 Å². The van der Waals surface area contributed by atoms with Gasteiger partial charge in [0.25, 0.3) is 5.91 Å². The van der Waals surface area contributed by atoms with Gasteiger partial charge in [-0.1, -0.05) is 17.7 Å². The van der Waals surface area contributed by atoms with E-state index >= 15 is 0 Å². The average molecular weight is 407 g/mol. The van der Waals surface area contributed by atoms with Crippen LogP contribution >= 0.6 is 22.9 Å². The number of amides is 2. The van der Waals surface area contributed by atoms with Crippen molar-refractivity contribution in [2.45, 2.75) is 13.5 Å². The van der Waals surface area contributed by atoms with Crippen molar-refractivity contribution >= 4 is 56.2 Å². The SMILES string of the molecule is COCc1c(C(=O)Nc2ccc(NC(C)=O)cc2Cl)sc2cccc(F)c12. The highest BCUT2D eigenvalue weighted by molar-refractivity contribution is 7.21. The van der Waals surface area contributed by atoms with Crippen LogP contribution in [0.2, 0.25) is 5.02 Å². The summed E-state index contributed by atoms with van der Waals surface area (Å²) in [5, 5.41) is 6.01. The van der Waals surface area contributed by atoms with Crippen molar-refractivity contribution in [1.29, 1.82) is 0 Å². The van der Waals surface area contributed by atoms with Gasteiger partial charge in [0.15, 0.2) is 0 Å². The van der Waals surface area contributed by atoms with Gasteiger partial charge in [-0.2, -0.15) is 0 Å². The fourth-order valence-electron chi connectivity index (χ4n) is 2.71. The van der Waals surface area contributed by atoms with E-state index in [2.05, 4.69) is 10.6 Å². The molecule has 0 fully saturated rings. The van der Waals surface area contributed by atoms with E-state index in [1.807, 2.05) is 0 Å². The summed E-state index contributed by atoms with van der Waals surface area (Å²) >= 11 is 7.39. The molecule has 2 N–H and O–H groups in total. The van der Waals surface area contributed by atoms with Crippen molar-refractivity contribution in [2.75, 3.05) is 17.7 Å². The number of nitrogens with one attached hydrogen (secondary N) is 2. The summed E-state index contributed by atoms with van der Waals surface area (Å²) < 4.78 is 20.1. The van der Waals surface area contributed by atoms with Crippen molar-refractivity contribution < 1.29 is 18.7 Å². The summed E-state index contributed by atoms with van der Waals surface area (Å²) in [4.78, 5) is 24.3.